The number of aromatic amines is 1. The molecule has 4 rings (SSSR count). The molecule has 4 heteroatoms. The second kappa shape index (κ2) is 5.42. The Morgan fingerprint density at radius 1 is 1.25 bits per heavy atom. The predicted octanol–water partition coefficient (Wildman–Crippen LogP) is 3.33. The number of piperidine rings is 1. The Labute approximate surface area is 145 Å². The van der Waals surface area contributed by atoms with Crippen molar-refractivity contribution in [3.63, 3.8) is 0 Å². The topological polar surface area (TPSA) is 49.0 Å². The van der Waals surface area contributed by atoms with Crippen LogP contribution in [0, 0.1) is 12.3 Å². The predicted molar refractivity (Wildman–Crippen MR) is 96.4 cm³/mol. The highest BCUT2D eigenvalue weighted by molar-refractivity contribution is 5.36. The fourth-order valence-corrected chi connectivity index (χ4v) is 5.24. The van der Waals surface area contributed by atoms with Crippen molar-refractivity contribution in [1.82, 2.24) is 14.9 Å². The van der Waals surface area contributed by atoms with E-state index in [4.69, 9.17) is 4.98 Å². The first-order chi connectivity index (χ1) is 11.3. The normalized spacial score (nSPS) is 29.5. The highest BCUT2D eigenvalue weighted by Gasteiger charge is 2.53. The zero-order valence-electron chi connectivity index (χ0n) is 15.6. The SMILES string of the molecule is Cc1nc2c(c(=O)[nH]1)CC(N1CCCCC1C(C)(C)C)CC21CC1. The Hall–Kier alpha value is -1.16. The van der Waals surface area contributed by atoms with Crippen molar-refractivity contribution >= 4 is 0 Å². The zero-order chi connectivity index (χ0) is 17.1. The number of hydrogen-bond acceptors (Lipinski definition) is 3. The molecule has 1 saturated carbocycles. The lowest BCUT2D eigenvalue weighted by atomic mass is 9.75. The summed E-state index contributed by atoms with van der Waals surface area (Å²) in [6.45, 7) is 10.2. The number of aryl methyl sites for hydroxylation is 1. The molecule has 1 saturated heterocycles. The lowest BCUT2D eigenvalue weighted by Crippen LogP contribution is -2.55. The first kappa shape index (κ1) is 16.3. The first-order valence-electron chi connectivity index (χ1n) is 9.66. The molecule has 2 heterocycles. The van der Waals surface area contributed by atoms with E-state index in [0.29, 0.717) is 17.5 Å². The summed E-state index contributed by atoms with van der Waals surface area (Å²) in [6.07, 6.45) is 8.43. The highest BCUT2D eigenvalue weighted by atomic mass is 16.1. The highest BCUT2D eigenvalue weighted by Crippen LogP contribution is 2.55. The van der Waals surface area contributed by atoms with Gasteiger partial charge in [-0.05, 0) is 57.4 Å². The van der Waals surface area contributed by atoms with Gasteiger partial charge >= 0.3 is 0 Å². The minimum absolute atomic E-state index is 0.109. The Morgan fingerprint density at radius 3 is 2.67 bits per heavy atom. The molecule has 1 N–H and O–H groups in total. The molecular formula is C20H31N3O. The number of rotatable bonds is 1. The van der Waals surface area contributed by atoms with Crippen molar-refractivity contribution in [1.29, 1.82) is 0 Å². The Balaban J connectivity index is 1.70. The second-order valence-corrected chi connectivity index (χ2v) is 9.44. The summed E-state index contributed by atoms with van der Waals surface area (Å²) in [6, 6.07) is 1.14. The van der Waals surface area contributed by atoms with E-state index < -0.39 is 0 Å². The van der Waals surface area contributed by atoms with Gasteiger partial charge in [0.15, 0.2) is 0 Å². The lowest BCUT2D eigenvalue weighted by Gasteiger charge is -2.49. The first-order valence-corrected chi connectivity index (χ1v) is 9.66. The van der Waals surface area contributed by atoms with Crippen molar-refractivity contribution in [2.45, 2.75) is 90.1 Å². The Morgan fingerprint density at radius 2 is 2.00 bits per heavy atom. The van der Waals surface area contributed by atoms with Gasteiger partial charge in [0, 0.05) is 23.1 Å². The Bertz CT molecular complexity index is 696. The molecule has 132 valence electrons. The van der Waals surface area contributed by atoms with Crippen molar-refractivity contribution in [2.75, 3.05) is 6.54 Å². The molecule has 24 heavy (non-hydrogen) atoms. The van der Waals surface area contributed by atoms with Crippen LogP contribution in [0.15, 0.2) is 4.79 Å². The van der Waals surface area contributed by atoms with Crippen LogP contribution in [0.4, 0.5) is 0 Å². The maximum absolute atomic E-state index is 12.6. The summed E-state index contributed by atoms with van der Waals surface area (Å²) >= 11 is 0. The summed E-state index contributed by atoms with van der Waals surface area (Å²) in [5, 5.41) is 0. The van der Waals surface area contributed by atoms with Crippen LogP contribution in [-0.2, 0) is 11.8 Å². The molecule has 0 aromatic carbocycles. The van der Waals surface area contributed by atoms with Gasteiger partial charge in [-0.2, -0.15) is 0 Å². The number of H-pyrrole nitrogens is 1. The van der Waals surface area contributed by atoms with E-state index in [0.717, 1.165) is 23.5 Å². The zero-order valence-corrected chi connectivity index (χ0v) is 15.6. The van der Waals surface area contributed by atoms with Crippen LogP contribution in [0.5, 0.6) is 0 Å². The number of likely N-dealkylation sites (tertiary alicyclic amines) is 1. The molecule has 0 radical (unpaired) electrons. The number of nitrogens with zero attached hydrogens (tertiary/aromatic N) is 2. The smallest absolute Gasteiger partial charge is 0.254 e. The third kappa shape index (κ3) is 2.63. The Kier molecular flexibility index (Phi) is 3.68. The molecule has 2 aliphatic carbocycles. The number of aromatic nitrogens is 2. The minimum atomic E-state index is 0.109. The molecule has 1 aromatic heterocycles. The van der Waals surface area contributed by atoms with Gasteiger partial charge in [-0.15, -0.1) is 0 Å². The molecule has 0 amide bonds. The van der Waals surface area contributed by atoms with Crippen LogP contribution in [0.3, 0.4) is 0 Å². The summed E-state index contributed by atoms with van der Waals surface area (Å²) in [7, 11) is 0. The quantitative estimate of drug-likeness (QED) is 0.860. The van der Waals surface area contributed by atoms with Gasteiger partial charge < -0.3 is 4.98 Å². The summed E-state index contributed by atoms with van der Waals surface area (Å²) in [5.41, 5.74) is 2.72. The molecule has 2 unspecified atom stereocenters. The largest absolute Gasteiger partial charge is 0.311 e. The van der Waals surface area contributed by atoms with Gasteiger partial charge in [-0.25, -0.2) is 4.98 Å². The molecule has 0 bridgehead atoms. The maximum atomic E-state index is 12.6. The summed E-state index contributed by atoms with van der Waals surface area (Å²) in [5.74, 6) is 0.772. The average Bonchev–Trinajstić information content (AvgIpc) is 3.28. The molecule has 3 aliphatic rings. The van der Waals surface area contributed by atoms with Crippen LogP contribution >= 0.6 is 0 Å². The van der Waals surface area contributed by atoms with Crippen molar-refractivity contribution in [3.05, 3.63) is 27.4 Å². The summed E-state index contributed by atoms with van der Waals surface area (Å²) in [4.78, 5) is 23.1. The van der Waals surface area contributed by atoms with Crippen molar-refractivity contribution < 1.29 is 0 Å². The fraction of sp³-hybridized carbons (Fsp3) is 0.800. The van der Waals surface area contributed by atoms with Gasteiger partial charge in [0.25, 0.3) is 5.56 Å². The molecule has 1 aliphatic heterocycles. The van der Waals surface area contributed by atoms with E-state index in [1.165, 1.54) is 45.1 Å². The monoisotopic (exact) mass is 329 g/mol. The molecule has 1 aromatic rings. The van der Waals surface area contributed by atoms with Crippen LogP contribution in [0.2, 0.25) is 0 Å². The van der Waals surface area contributed by atoms with Gasteiger partial charge in [0.05, 0.1) is 5.69 Å². The van der Waals surface area contributed by atoms with Crippen LogP contribution in [0.1, 0.15) is 76.4 Å². The van der Waals surface area contributed by atoms with Gasteiger partial charge in [-0.1, -0.05) is 27.2 Å². The van der Waals surface area contributed by atoms with Gasteiger partial charge in [-0.3, -0.25) is 9.69 Å². The van der Waals surface area contributed by atoms with E-state index in [9.17, 15) is 4.79 Å². The number of hydrogen-bond donors (Lipinski definition) is 1. The van der Waals surface area contributed by atoms with Crippen molar-refractivity contribution in [3.8, 4) is 0 Å². The van der Waals surface area contributed by atoms with E-state index >= 15 is 0 Å². The molecule has 4 nitrogen and oxygen atoms in total. The second-order valence-electron chi connectivity index (χ2n) is 9.44. The molecule has 2 fully saturated rings. The van der Waals surface area contributed by atoms with E-state index in [1.807, 2.05) is 6.92 Å². The molecule has 2 atom stereocenters. The van der Waals surface area contributed by atoms with Gasteiger partial charge in [0.1, 0.15) is 5.82 Å². The van der Waals surface area contributed by atoms with E-state index in [2.05, 4.69) is 30.7 Å². The van der Waals surface area contributed by atoms with Crippen LogP contribution in [0.25, 0.3) is 0 Å². The maximum Gasteiger partial charge on any atom is 0.254 e. The van der Waals surface area contributed by atoms with E-state index in [-0.39, 0.29) is 11.0 Å². The standard InChI is InChI=1S/C20H31N3O/c1-13-21-17-15(18(24)22-13)11-14(12-20(17)8-9-20)23-10-6-5-7-16(23)19(2,3)4/h14,16H,5-12H2,1-4H3,(H,21,22,24). The number of fused-ring (bicyclic) bond motifs is 2. The fourth-order valence-electron chi connectivity index (χ4n) is 5.24. The summed E-state index contributed by atoms with van der Waals surface area (Å²) < 4.78 is 0. The average molecular weight is 329 g/mol. The third-order valence-corrected chi connectivity index (χ3v) is 6.57. The van der Waals surface area contributed by atoms with Gasteiger partial charge in [0.2, 0.25) is 0 Å². The molecule has 1 spiro atoms. The van der Waals surface area contributed by atoms with E-state index in [1.54, 1.807) is 0 Å². The van der Waals surface area contributed by atoms with Crippen LogP contribution < -0.4 is 5.56 Å². The van der Waals surface area contributed by atoms with Crippen LogP contribution in [-0.4, -0.2) is 33.5 Å². The molecular weight excluding hydrogens is 298 g/mol. The van der Waals surface area contributed by atoms with Crippen molar-refractivity contribution in [2.24, 2.45) is 5.41 Å². The minimum Gasteiger partial charge on any atom is -0.311 e. The third-order valence-electron chi connectivity index (χ3n) is 6.57. The lowest BCUT2D eigenvalue weighted by molar-refractivity contribution is 0.0172. The number of nitrogens with one attached hydrogen (secondary N) is 1.